The van der Waals surface area contributed by atoms with Crippen LogP contribution in [0.4, 0.5) is 5.82 Å². The normalized spacial score (nSPS) is 10.7. The third-order valence-corrected chi connectivity index (χ3v) is 3.12. The molecular weight excluding hydrogens is 304 g/mol. The van der Waals surface area contributed by atoms with Gasteiger partial charge in [0, 0.05) is 11.8 Å². The van der Waals surface area contributed by atoms with Crippen molar-refractivity contribution in [3.8, 4) is 17.6 Å². The number of rotatable bonds is 2. The van der Waals surface area contributed by atoms with Gasteiger partial charge in [-0.1, -0.05) is 11.8 Å². The highest BCUT2D eigenvalue weighted by Gasteiger charge is 2.13. The fraction of sp³-hybridized carbons (Fsp3) is 0.278. The lowest BCUT2D eigenvalue weighted by molar-refractivity contribution is 0.102. The molecule has 0 aliphatic carbocycles. The van der Waals surface area contributed by atoms with Crippen LogP contribution in [-0.4, -0.2) is 26.5 Å². The molecule has 0 radical (unpaired) electrons. The molecule has 0 saturated carbocycles. The maximum atomic E-state index is 12.3. The summed E-state index contributed by atoms with van der Waals surface area (Å²) in [6, 6.07) is 3.31. The van der Waals surface area contributed by atoms with Gasteiger partial charge in [0.2, 0.25) is 0 Å². The number of carbonyl (C=O) groups is 1. The fourth-order valence-corrected chi connectivity index (χ4v) is 1.97. The predicted octanol–water partition coefficient (Wildman–Crippen LogP) is 2.14. The van der Waals surface area contributed by atoms with E-state index in [0.717, 1.165) is 11.1 Å². The van der Waals surface area contributed by atoms with Gasteiger partial charge in [-0.25, -0.2) is 9.97 Å². The predicted molar refractivity (Wildman–Crippen MR) is 92.7 cm³/mol. The molecule has 0 aliphatic rings. The Morgan fingerprint density at radius 1 is 1.21 bits per heavy atom. The second-order valence-corrected chi connectivity index (χ2v) is 6.17. The number of nitrogens with two attached hydrogens (primary N) is 1. The molecule has 4 N–H and O–H groups in total. The van der Waals surface area contributed by atoms with Crippen molar-refractivity contribution in [1.29, 1.82) is 0 Å². The van der Waals surface area contributed by atoms with E-state index in [1.165, 1.54) is 12.3 Å². The standard InChI is InChI=1S/C18H20N4O2/c1-11-8-14(23)10-20-15(11)17(24)22-16-12(2)7-13(9-21-16)5-6-18(3,4)19/h7-10,23H,19H2,1-4H3,(H,21,22,24). The van der Waals surface area contributed by atoms with E-state index in [9.17, 15) is 9.90 Å². The summed E-state index contributed by atoms with van der Waals surface area (Å²) in [7, 11) is 0. The van der Waals surface area contributed by atoms with Crippen LogP contribution in [0.5, 0.6) is 5.75 Å². The minimum absolute atomic E-state index is 0.0177. The number of carbonyl (C=O) groups excluding carboxylic acids is 1. The summed E-state index contributed by atoms with van der Waals surface area (Å²) in [5, 5.41) is 12.1. The third kappa shape index (κ3) is 4.54. The number of aryl methyl sites for hydroxylation is 2. The molecule has 0 unspecified atom stereocenters. The molecule has 1 amide bonds. The average Bonchev–Trinajstić information content (AvgIpc) is 2.46. The Morgan fingerprint density at radius 2 is 1.92 bits per heavy atom. The van der Waals surface area contributed by atoms with Crippen LogP contribution < -0.4 is 11.1 Å². The van der Waals surface area contributed by atoms with Crippen LogP contribution in [0.1, 0.15) is 41.0 Å². The third-order valence-electron chi connectivity index (χ3n) is 3.12. The number of amides is 1. The molecule has 0 atom stereocenters. The maximum Gasteiger partial charge on any atom is 0.275 e. The molecule has 0 aliphatic heterocycles. The molecule has 24 heavy (non-hydrogen) atoms. The fourth-order valence-electron chi connectivity index (χ4n) is 1.97. The molecular formula is C18H20N4O2. The lowest BCUT2D eigenvalue weighted by Crippen LogP contribution is -2.29. The van der Waals surface area contributed by atoms with Crippen molar-refractivity contribution in [2.45, 2.75) is 33.2 Å². The van der Waals surface area contributed by atoms with Crippen LogP contribution in [0, 0.1) is 25.7 Å². The van der Waals surface area contributed by atoms with Crippen LogP contribution in [-0.2, 0) is 0 Å². The van der Waals surface area contributed by atoms with Crippen molar-refractivity contribution in [3.63, 3.8) is 0 Å². The smallest absolute Gasteiger partial charge is 0.275 e. The average molecular weight is 324 g/mol. The number of hydrogen-bond acceptors (Lipinski definition) is 5. The molecule has 0 saturated heterocycles. The Kier molecular flexibility index (Phi) is 4.86. The molecule has 6 heteroatoms. The van der Waals surface area contributed by atoms with Gasteiger partial charge in [0.05, 0.1) is 11.7 Å². The summed E-state index contributed by atoms with van der Waals surface area (Å²) >= 11 is 0. The second kappa shape index (κ2) is 6.69. The Hall–Kier alpha value is -2.91. The Labute approximate surface area is 141 Å². The molecule has 2 rings (SSSR count). The maximum absolute atomic E-state index is 12.3. The van der Waals surface area contributed by atoms with E-state index in [0.29, 0.717) is 11.4 Å². The van der Waals surface area contributed by atoms with Crippen LogP contribution in [0.2, 0.25) is 0 Å². The van der Waals surface area contributed by atoms with E-state index in [-0.39, 0.29) is 17.4 Å². The molecule has 0 spiro atoms. The summed E-state index contributed by atoms with van der Waals surface area (Å²) in [5.74, 6) is 5.96. The monoisotopic (exact) mass is 324 g/mol. The molecule has 0 fully saturated rings. The number of anilines is 1. The first-order chi connectivity index (χ1) is 11.2. The van der Waals surface area contributed by atoms with Gasteiger partial charge < -0.3 is 16.2 Å². The highest BCUT2D eigenvalue weighted by Crippen LogP contribution is 2.16. The summed E-state index contributed by atoms with van der Waals surface area (Å²) < 4.78 is 0. The molecule has 0 aromatic carbocycles. The topological polar surface area (TPSA) is 101 Å². The minimum atomic E-state index is -0.580. The highest BCUT2D eigenvalue weighted by molar-refractivity contribution is 6.03. The Balaban J connectivity index is 2.21. The summed E-state index contributed by atoms with van der Waals surface area (Å²) in [5.41, 5.74) is 7.57. The zero-order chi connectivity index (χ0) is 17.9. The zero-order valence-corrected chi connectivity index (χ0v) is 14.1. The summed E-state index contributed by atoms with van der Waals surface area (Å²) in [4.78, 5) is 20.5. The number of aromatic nitrogens is 2. The second-order valence-electron chi connectivity index (χ2n) is 6.17. The van der Waals surface area contributed by atoms with Crippen molar-refractivity contribution in [2.75, 3.05) is 5.32 Å². The SMILES string of the molecule is Cc1cc(C#CC(C)(C)N)cnc1NC(=O)c1ncc(O)cc1C. The van der Waals surface area contributed by atoms with Crippen LogP contribution in [0.15, 0.2) is 24.5 Å². The van der Waals surface area contributed by atoms with Gasteiger partial charge in [-0.2, -0.15) is 0 Å². The lowest BCUT2D eigenvalue weighted by Gasteiger charge is -2.10. The van der Waals surface area contributed by atoms with Gasteiger partial charge in [0.25, 0.3) is 5.91 Å². The van der Waals surface area contributed by atoms with Crippen LogP contribution >= 0.6 is 0 Å². The quantitative estimate of drug-likeness (QED) is 0.735. The van der Waals surface area contributed by atoms with Crippen molar-refractivity contribution < 1.29 is 9.90 Å². The minimum Gasteiger partial charge on any atom is -0.506 e. The van der Waals surface area contributed by atoms with Crippen LogP contribution in [0.25, 0.3) is 0 Å². The van der Waals surface area contributed by atoms with Crippen molar-refractivity contribution in [2.24, 2.45) is 5.73 Å². The van der Waals surface area contributed by atoms with E-state index < -0.39 is 5.54 Å². The molecule has 2 aromatic heterocycles. The lowest BCUT2D eigenvalue weighted by atomic mass is 10.1. The molecule has 0 bridgehead atoms. The first kappa shape index (κ1) is 17.4. The van der Waals surface area contributed by atoms with Crippen molar-refractivity contribution in [1.82, 2.24) is 9.97 Å². The van der Waals surface area contributed by atoms with E-state index >= 15 is 0 Å². The number of nitrogens with one attached hydrogen (secondary N) is 1. The highest BCUT2D eigenvalue weighted by atomic mass is 16.3. The Morgan fingerprint density at radius 3 is 2.50 bits per heavy atom. The molecule has 6 nitrogen and oxygen atoms in total. The van der Waals surface area contributed by atoms with Gasteiger partial charge in [-0.05, 0) is 51.0 Å². The summed E-state index contributed by atoms with van der Waals surface area (Å²) in [6.45, 7) is 7.18. The molecule has 2 heterocycles. The van der Waals surface area contributed by atoms with E-state index in [1.54, 1.807) is 13.1 Å². The first-order valence-electron chi connectivity index (χ1n) is 7.41. The van der Waals surface area contributed by atoms with E-state index in [2.05, 4.69) is 27.1 Å². The zero-order valence-electron chi connectivity index (χ0n) is 14.1. The van der Waals surface area contributed by atoms with Crippen LogP contribution in [0.3, 0.4) is 0 Å². The molecule has 2 aromatic rings. The number of hydrogen-bond donors (Lipinski definition) is 3. The first-order valence-corrected chi connectivity index (χ1v) is 7.41. The van der Waals surface area contributed by atoms with E-state index in [1.807, 2.05) is 26.8 Å². The van der Waals surface area contributed by atoms with Gasteiger partial charge in [0.1, 0.15) is 17.3 Å². The Bertz CT molecular complexity index is 842. The summed E-state index contributed by atoms with van der Waals surface area (Å²) in [6.07, 6.45) is 2.81. The van der Waals surface area contributed by atoms with Gasteiger partial charge in [-0.15, -0.1) is 0 Å². The van der Waals surface area contributed by atoms with Crippen molar-refractivity contribution >= 4 is 11.7 Å². The van der Waals surface area contributed by atoms with Gasteiger partial charge in [-0.3, -0.25) is 4.79 Å². The molecule has 124 valence electrons. The van der Waals surface area contributed by atoms with Gasteiger partial charge in [0.15, 0.2) is 0 Å². The van der Waals surface area contributed by atoms with Gasteiger partial charge >= 0.3 is 0 Å². The number of pyridine rings is 2. The van der Waals surface area contributed by atoms with Crippen molar-refractivity contribution in [3.05, 3.63) is 46.9 Å². The number of nitrogens with zero attached hydrogens (tertiary/aromatic N) is 2. The number of aromatic hydroxyl groups is 1. The largest absolute Gasteiger partial charge is 0.506 e. The van der Waals surface area contributed by atoms with E-state index in [4.69, 9.17) is 5.73 Å².